The highest BCUT2D eigenvalue weighted by Gasteiger charge is 2.55. The Morgan fingerprint density at radius 2 is 1.75 bits per heavy atom. The van der Waals surface area contributed by atoms with Gasteiger partial charge in [-0.2, -0.15) is 0 Å². The van der Waals surface area contributed by atoms with Crippen LogP contribution in [0.3, 0.4) is 0 Å². The topological polar surface area (TPSA) is 205 Å². The van der Waals surface area contributed by atoms with E-state index in [-0.39, 0.29) is 51.6 Å². The molecule has 1 atom stereocenters. The first-order chi connectivity index (χ1) is 36.9. The maximum atomic E-state index is 14.7. The molecule has 4 aromatic carbocycles. The molecule has 3 saturated carbocycles. The third-order valence-corrected chi connectivity index (χ3v) is 17.8. The van der Waals surface area contributed by atoms with Gasteiger partial charge in [-0.1, -0.05) is 44.2 Å². The predicted molar refractivity (Wildman–Crippen MR) is 291 cm³/mol. The number of H-pyrrole nitrogens is 1. The number of benzene rings is 4. The number of nitro groups is 1. The fraction of sp³-hybridized carbons (Fsp3) is 0.448. The molecule has 2 aromatic heterocycles. The van der Waals surface area contributed by atoms with E-state index in [0.717, 1.165) is 101 Å². The highest BCUT2D eigenvalue weighted by atomic mass is 32.2. The average Bonchev–Trinajstić information content (AvgIpc) is 4.17. The average molecular weight is 1070 g/mol. The standard InChI is InChI=1S/C58H67FN8O9S/c1-36(2)44-7-5-6-8-45(44)51-33-64(32-38-9-16-52(74-4)54(23-38)75-41-11-12-41)21-22-66(51)40-27-58(28-40)34-65(35-58)39-10-14-46(53(24-39)76-42-25-47-48(59)31-62-55(47)61-30-42)56(68)63-77(72,73)43-13-15-49(50(26-43)67(70)71)60-29-37-17-19-57(3,69)20-18-37/h5-10,13-16,23-26,30-31,36-37,40-41,51,60,69H,11-12,17-22,27-29,32-35H2,1-4H3,(H,61,62)(H,63,68)/t37?,51-,57?/m0/s1. The Bertz CT molecular complexity index is 3310. The quantitative estimate of drug-likeness (QED) is 0.0467. The molecule has 19 heteroatoms. The number of hydrogen-bond donors (Lipinski definition) is 4. The number of rotatable bonds is 18. The second-order valence-corrected chi connectivity index (χ2v) is 24.4. The fourth-order valence-corrected chi connectivity index (χ4v) is 13.0. The molecule has 5 fully saturated rings. The number of hydrogen-bond acceptors (Lipinski definition) is 14. The molecule has 406 valence electrons. The normalized spacial score (nSPS) is 21.9. The van der Waals surface area contributed by atoms with Crippen LogP contribution in [-0.2, 0) is 16.6 Å². The lowest BCUT2D eigenvalue weighted by Gasteiger charge is -2.63. The minimum absolute atomic E-state index is 0.0142. The van der Waals surface area contributed by atoms with Crippen molar-refractivity contribution in [2.75, 3.05) is 56.6 Å². The SMILES string of the molecule is COc1ccc(CN2CCN(C3CC4(C3)CN(c3ccc(C(=O)NS(=O)(=O)c5ccc(NCC6CCC(C)(O)CC6)c([N+](=O)[O-])c5)c(Oc5cnc6[nH]cc(F)c6c5)c3)C4)[C@H](c3ccccc3C(C)C)C2)cc1OC1CC1. The van der Waals surface area contributed by atoms with Gasteiger partial charge in [0.2, 0.25) is 0 Å². The summed E-state index contributed by atoms with van der Waals surface area (Å²) in [6, 6.07) is 25.6. The molecule has 6 aromatic rings. The molecule has 4 heterocycles. The predicted octanol–water partition coefficient (Wildman–Crippen LogP) is 10.1. The number of amides is 1. The molecule has 2 aliphatic heterocycles. The van der Waals surface area contributed by atoms with Crippen molar-refractivity contribution in [2.45, 2.75) is 113 Å². The fourth-order valence-electron chi connectivity index (χ4n) is 12.1. The molecule has 0 radical (unpaired) electrons. The van der Waals surface area contributed by atoms with E-state index in [4.69, 9.17) is 14.2 Å². The van der Waals surface area contributed by atoms with E-state index in [1.807, 2.05) is 6.07 Å². The van der Waals surface area contributed by atoms with E-state index in [0.29, 0.717) is 37.0 Å². The van der Waals surface area contributed by atoms with Gasteiger partial charge in [-0.25, -0.2) is 22.5 Å². The number of aliphatic hydroxyl groups is 1. The third-order valence-electron chi connectivity index (χ3n) is 16.5. The lowest BCUT2D eigenvalue weighted by molar-refractivity contribution is -0.384. The van der Waals surface area contributed by atoms with Crippen LogP contribution in [0.4, 0.5) is 21.5 Å². The summed E-state index contributed by atoms with van der Waals surface area (Å²) >= 11 is 0. The molecule has 77 heavy (non-hydrogen) atoms. The van der Waals surface area contributed by atoms with E-state index in [9.17, 15) is 32.8 Å². The molecule has 1 amide bonds. The van der Waals surface area contributed by atoms with Crippen LogP contribution in [-0.4, -0.2) is 108 Å². The molecular weight excluding hydrogens is 1000 g/mol. The van der Waals surface area contributed by atoms with E-state index in [1.165, 1.54) is 53.3 Å². The monoisotopic (exact) mass is 1070 g/mol. The van der Waals surface area contributed by atoms with E-state index in [1.54, 1.807) is 26.2 Å². The van der Waals surface area contributed by atoms with Crippen LogP contribution < -0.4 is 29.1 Å². The molecule has 5 aliphatic rings. The number of carbonyl (C=O) groups excluding carboxylic acids is 1. The number of nitrogens with zero attached hydrogens (tertiary/aromatic N) is 5. The van der Waals surface area contributed by atoms with Crippen LogP contribution in [0.25, 0.3) is 11.0 Å². The maximum absolute atomic E-state index is 14.7. The van der Waals surface area contributed by atoms with Gasteiger partial charge in [0.25, 0.3) is 21.6 Å². The van der Waals surface area contributed by atoms with Crippen LogP contribution >= 0.6 is 0 Å². The number of nitrogens with one attached hydrogen (secondary N) is 3. The van der Waals surface area contributed by atoms with E-state index >= 15 is 0 Å². The highest BCUT2D eigenvalue weighted by molar-refractivity contribution is 7.90. The second-order valence-electron chi connectivity index (χ2n) is 22.7. The first-order valence-electron chi connectivity index (χ1n) is 26.8. The summed E-state index contributed by atoms with van der Waals surface area (Å²) in [5, 5.41) is 25.9. The second kappa shape index (κ2) is 20.9. The summed E-state index contributed by atoms with van der Waals surface area (Å²) in [7, 11) is -2.96. The van der Waals surface area contributed by atoms with Crippen LogP contribution in [0.2, 0.25) is 0 Å². The number of carbonyl (C=O) groups is 1. The summed E-state index contributed by atoms with van der Waals surface area (Å²) < 4.78 is 62.7. The highest BCUT2D eigenvalue weighted by Crippen LogP contribution is 2.54. The largest absolute Gasteiger partial charge is 0.493 e. The Labute approximate surface area is 448 Å². The lowest BCUT2D eigenvalue weighted by atomic mass is 9.59. The number of halogens is 1. The molecule has 11 rings (SSSR count). The number of sulfonamides is 1. The third kappa shape index (κ3) is 11.2. The van der Waals surface area contributed by atoms with Crippen molar-refractivity contribution >= 4 is 44.0 Å². The van der Waals surface area contributed by atoms with Crippen molar-refractivity contribution in [1.29, 1.82) is 0 Å². The molecule has 2 saturated heterocycles. The summed E-state index contributed by atoms with van der Waals surface area (Å²) in [5.74, 6) is 0.681. The molecular formula is C58H67FN8O9S. The molecule has 4 N–H and O–H groups in total. The summed E-state index contributed by atoms with van der Waals surface area (Å²) in [4.78, 5) is 39.8. The molecule has 3 aliphatic carbocycles. The van der Waals surface area contributed by atoms with Gasteiger partial charge in [0.05, 0.1) is 45.8 Å². The summed E-state index contributed by atoms with van der Waals surface area (Å²) in [6.07, 6.45) is 9.76. The number of ether oxygens (including phenoxy) is 3. The van der Waals surface area contributed by atoms with E-state index in [2.05, 4.69) is 85.0 Å². The van der Waals surface area contributed by atoms with Crippen LogP contribution in [0.5, 0.6) is 23.0 Å². The minimum atomic E-state index is -4.65. The lowest BCUT2D eigenvalue weighted by Crippen LogP contribution is -2.68. The Hall–Kier alpha value is -6.80. The van der Waals surface area contributed by atoms with Crippen molar-refractivity contribution < 1.29 is 41.8 Å². The first kappa shape index (κ1) is 52.3. The van der Waals surface area contributed by atoms with Crippen molar-refractivity contribution in [3.8, 4) is 23.0 Å². The Morgan fingerprint density at radius 1 is 0.974 bits per heavy atom. The van der Waals surface area contributed by atoms with Gasteiger partial charge >= 0.3 is 0 Å². The van der Waals surface area contributed by atoms with E-state index < -0.39 is 42.9 Å². The zero-order valence-corrected chi connectivity index (χ0v) is 44.8. The summed E-state index contributed by atoms with van der Waals surface area (Å²) in [6.45, 7) is 11.8. The van der Waals surface area contributed by atoms with Gasteiger partial charge in [-0.15, -0.1) is 0 Å². The number of fused-ring (bicyclic) bond motifs is 1. The maximum Gasteiger partial charge on any atom is 0.293 e. The van der Waals surface area contributed by atoms with Gasteiger partial charge in [0.15, 0.2) is 11.5 Å². The molecule has 0 unspecified atom stereocenters. The van der Waals surface area contributed by atoms with Gasteiger partial charge in [-0.05, 0) is 129 Å². The molecule has 1 spiro atoms. The number of aromatic amines is 1. The number of piperazine rings is 1. The number of pyridine rings is 1. The van der Waals surface area contributed by atoms with Crippen molar-refractivity contribution in [3.63, 3.8) is 0 Å². The van der Waals surface area contributed by atoms with Crippen molar-refractivity contribution in [2.24, 2.45) is 11.3 Å². The number of nitro benzene ring substituents is 1. The van der Waals surface area contributed by atoms with Gasteiger partial charge in [0.1, 0.15) is 28.7 Å². The zero-order valence-electron chi connectivity index (χ0n) is 44.0. The van der Waals surface area contributed by atoms with Gasteiger partial charge in [0, 0.05) is 87.3 Å². The van der Waals surface area contributed by atoms with Crippen molar-refractivity contribution in [1.82, 2.24) is 24.5 Å². The number of aromatic nitrogens is 2. The van der Waals surface area contributed by atoms with Crippen LogP contribution in [0.15, 0.2) is 102 Å². The number of methoxy groups -OCH3 is 1. The van der Waals surface area contributed by atoms with Crippen molar-refractivity contribution in [3.05, 3.63) is 136 Å². The summed E-state index contributed by atoms with van der Waals surface area (Å²) in [5.41, 5.74) is 3.91. The Balaban J connectivity index is 0.791. The number of anilines is 2. The zero-order chi connectivity index (χ0) is 53.8. The Kier molecular flexibility index (Phi) is 14.2. The van der Waals surface area contributed by atoms with Crippen LogP contribution in [0.1, 0.15) is 111 Å². The molecule has 17 nitrogen and oxygen atoms in total. The Morgan fingerprint density at radius 3 is 2.49 bits per heavy atom. The van der Waals surface area contributed by atoms with Gasteiger partial charge in [-0.3, -0.25) is 24.7 Å². The molecule has 0 bridgehead atoms. The van der Waals surface area contributed by atoms with Crippen LogP contribution in [0, 0.1) is 27.3 Å². The van der Waals surface area contributed by atoms with Gasteiger partial charge < -0.3 is 34.5 Å². The minimum Gasteiger partial charge on any atom is -0.493 e. The smallest absolute Gasteiger partial charge is 0.293 e. The first-order valence-corrected chi connectivity index (χ1v) is 28.3.